The van der Waals surface area contributed by atoms with Gasteiger partial charge in [0.15, 0.2) is 0 Å². The number of ether oxygens (including phenoxy) is 1. The van der Waals surface area contributed by atoms with E-state index < -0.39 is 0 Å². The van der Waals surface area contributed by atoms with E-state index >= 15 is 0 Å². The fourth-order valence-electron chi connectivity index (χ4n) is 2.54. The van der Waals surface area contributed by atoms with Gasteiger partial charge in [-0.25, -0.2) is 4.79 Å². The van der Waals surface area contributed by atoms with Crippen molar-refractivity contribution in [2.24, 2.45) is 0 Å². The van der Waals surface area contributed by atoms with Crippen molar-refractivity contribution in [1.82, 2.24) is 5.32 Å². The number of urea groups is 1. The molecule has 2 N–H and O–H groups in total. The zero-order valence-corrected chi connectivity index (χ0v) is 17.4. The number of carbonyl (C=O) groups excluding carboxylic acids is 1. The highest BCUT2D eigenvalue weighted by Crippen LogP contribution is 2.23. The Labute approximate surface area is 168 Å². The Balaban J connectivity index is 1.84. The van der Waals surface area contributed by atoms with Crippen LogP contribution in [0.2, 0.25) is 0 Å². The highest BCUT2D eigenvalue weighted by molar-refractivity contribution is 5.89. The van der Waals surface area contributed by atoms with Crippen LogP contribution in [0, 0.1) is 0 Å². The maximum absolute atomic E-state index is 12.1. The van der Waals surface area contributed by atoms with Gasteiger partial charge in [-0.3, -0.25) is 0 Å². The first-order valence-electron chi connectivity index (χ1n) is 9.49. The molecule has 0 radical (unpaired) electrons. The van der Waals surface area contributed by atoms with Crippen molar-refractivity contribution in [3.8, 4) is 5.75 Å². The Bertz CT molecular complexity index is 826. The normalized spacial score (nSPS) is 12.1. The number of carbonyl (C=O) groups is 1. The van der Waals surface area contributed by atoms with Crippen LogP contribution in [0.25, 0.3) is 0 Å². The van der Waals surface area contributed by atoms with Crippen molar-refractivity contribution < 1.29 is 9.53 Å². The molecule has 28 heavy (non-hydrogen) atoms. The molecule has 0 aromatic heterocycles. The molecule has 2 aromatic rings. The molecule has 0 aliphatic carbocycles. The molecule has 4 nitrogen and oxygen atoms in total. The summed E-state index contributed by atoms with van der Waals surface area (Å²) >= 11 is 0. The van der Waals surface area contributed by atoms with E-state index in [0.29, 0.717) is 6.54 Å². The van der Waals surface area contributed by atoms with E-state index in [-0.39, 0.29) is 11.4 Å². The molecule has 0 atom stereocenters. The average Bonchev–Trinajstić information content (AvgIpc) is 2.65. The fraction of sp³-hybridized carbons (Fsp3) is 0.292. The van der Waals surface area contributed by atoms with Gasteiger partial charge in [-0.2, -0.15) is 0 Å². The Morgan fingerprint density at radius 2 is 1.68 bits per heavy atom. The number of hydrogen-bond donors (Lipinski definition) is 2. The molecule has 148 valence electrons. The molecular formula is C24H30N2O2. The highest BCUT2D eigenvalue weighted by atomic mass is 16.5. The Kier molecular flexibility index (Phi) is 7.44. The van der Waals surface area contributed by atoms with Gasteiger partial charge in [-0.05, 0) is 60.7 Å². The summed E-state index contributed by atoms with van der Waals surface area (Å²) in [5.74, 6) is 1.59. The number of amides is 2. The lowest BCUT2D eigenvalue weighted by Gasteiger charge is -2.19. The van der Waals surface area contributed by atoms with Crippen molar-refractivity contribution in [1.29, 1.82) is 0 Å². The quantitative estimate of drug-likeness (QED) is 0.467. The number of rotatable bonds is 6. The predicted molar refractivity (Wildman–Crippen MR) is 117 cm³/mol. The van der Waals surface area contributed by atoms with Gasteiger partial charge in [0.1, 0.15) is 11.5 Å². The van der Waals surface area contributed by atoms with E-state index in [1.807, 2.05) is 80.6 Å². The molecule has 4 heteroatoms. The third kappa shape index (κ3) is 6.95. The maximum atomic E-state index is 12.1. The fourth-order valence-corrected chi connectivity index (χ4v) is 2.54. The first-order valence-corrected chi connectivity index (χ1v) is 9.49. The summed E-state index contributed by atoms with van der Waals surface area (Å²) in [5.41, 5.74) is 3.10. The number of hydrogen-bond acceptors (Lipinski definition) is 2. The molecule has 0 aliphatic heterocycles. The van der Waals surface area contributed by atoms with Crippen molar-refractivity contribution in [2.45, 2.75) is 46.6 Å². The number of allylic oxidation sites excluding steroid dienone is 4. The topological polar surface area (TPSA) is 50.4 Å². The molecule has 0 unspecified atom stereocenters. The van der Waals surface area contributed by atoms with Crippen LogP contribution in [0.15, 0.2) is 72.5 Å². The summed E-state index contributed by atoms with van der Waals surface area (Å²) in [4.78, 5) is 12.1. The first kappa shape index (κ1) is 21.3. The molecule has 0 aliphatic rings. The summed E-state index contributed by atoms with van der Waals surface area (Å²) in [5, 5.41) is 5.73. The molecule has 0 heterocycles. The van der Waals surface area contributed by atoms with Gasteiger partial charge in [0.05, 0.1) is 0 Å². The van der Waals surface area contributed by atoms with Crippen molar-refractivity contribution in [3.05, 3.63) is 83.6 Å². The van der Waals surface area contributed by atoms with E-state index in [9.17, 15) is 4.79 Å². The molecule has 0 fully saturated rings. The lowest BCUT2D eigenvalue weighted by molar-refractivity contribution is 0.251. The number of anilines is 1. The minimum Gasteiger partial charge on any atom is -0.462 e. The molecule has 0 bridgehead atoms. The van der Waals surface area contributed by atoms with Crippen molar-refractivity contribution >= 4 is 11.7 Å². The minimum absolute atomic E-state index is 0.0949. The second-order valence-corrected chi connectivity index (χ2v) is 7.68. The largest absolute Gasteiger partial charge is 0.462 e. The van der Waals surface area contributed by atoms with Gasteiger partial charge in [0.25, 0.3) is 0 Å². The summed E-state index contributed by atoms with van der Waals surface area (Å²) < 4.78 is 5.72. The van der Waals surface area contributed by atoms with Crippen LogP contribution in [0.4, 0.5) is 10.5 Å². The SMILES string of the molecule is CC=CC=C(C)Oc1ccc(CNC(=O)Nc2ccc(C(C)(C)C)cc2)cc1. The smallest absolute Gasteiger partial charge is 0.319 e. The standard InChI is InChI=1S/C24H30N2O2/c1-6-7-8-18(2)28-22-15-9-19(10-16-22)17-25-23(27)26-21-13-11-20(12-14-21)24(3,4)5/h6-16H,17H2,1-5H3,(H2,25,26,27). The van der Waals surface area contributed by atoms with Gasteiger partial charge in [-0.1, -0.05) is 57.2 Å². The van der Waals surface area contributed by atoms with E-state index in [2.05, 4.69) is 31.4 Å². The lowest BCUT2D eigenvalue weighted by atomic mass is 9.87. The van der Waals surface area contributed by atoms with Gasteiger partial charge < -0.3 is 15.4 Å². The van der Waals surface area contributed by atoms with Gasteiger partial charge in [0.2, 0.25) is 0 Å². The van der Waals surface area contributed by atoms with Crippen LogP contribution in [-0.2, 0) is 12.0 Å². The van der Waals surface area contributed by atoms with Crippen molar-refractivity contribution in [3.63, 3.8) is 0 Å². The molecule has 0 spiro atoms. The van der Waals surface area contributed by atoms with Gasteiger partial charge in [0, 0.05) is 12.2 Å². The molecular weight excluding hydrogens is 348 g/mol. The van der Waals surface area contributed by atoms with Crippen LogP contribution in [0.1, 0.15) is 45.7 Å². The third-order valence-electron chi connectivity index (χ3n) is 4.19. The third-order valence-corrected chi connectivity index (χ3v) is 4.19. The van der Waals surface area contributed by atoms with Crippen molar-refractivity contribution in [2.75, 3.05) is 5.32 Å². The Hall–Kier alpha value is -3.01. The lowest BCUT2D eigenvalue weighted by Crippen LogP contribution is -2.28. The predicted octanol–water partition coefficient (Wildman–Crippen LogP) is 6.16. The Morgan fingerprint density at radius 1 is 1.04 bits per heavy atom. The zero-order chi connectivity index (χ0) is 20.6. The van der Waals surface area contributed by atoms with E-state index in [1.54, 1.807) is 0 Å². The molecule has 2 rings (SSSR count). The van der Waals surface area contributed by atoms with Crippen LogP contribution < -0.4 is 15.4 Å². The highest BCUT2D eigenvalue weighted by Gasteiger charge is 2.13. The van der Waals surface area contributed by atoms with Crippen LogP contribution in [-0.4, -0.2) is 6.03 Å². The van der Waals surface area contributed by atoms with Crippen LogP contribution in [0.3, 0.4) is 0 Å². The average molecular weight is 379 g/mol. The molecule has 0 saturated heterocycles. The summed E-state index contributed by atoms with van der Waals surface area (Å²) in [6.07, 6.45) is 5.79. The Morgan fingerprint density at radius 3 is 2.25 bits per heavy atom. The maximum Gasteiger partial charge on any atom is 0.319 e. The zero-order valence-electron chi connectivity index (χ0n) is 17.4. The molecule has 2 amide bonds. The first-order chi connectivity index (χ1) is 13.3. The number of nitrogens with one attached hydrogen (secondary N) is 2. The van der Waals surface area contributed by atoms with E-state index in [4.69, 9.17) is 4.74 Å². The van der Waals surface area contributed by atoms with Crippen LogP contribution >= 0.6 is 0 Å². The molecule has 0 saturated carbocycles. The van der Waals surface area contributed by atoms with Gasteiger partial charge in [-0.15, -0.1) is 0 Å². The molecule has 2 aromatic carbocycles. The summed E-state index contributed by atoms with van der Waals surface area (Å²) in [6.45, 7) is 10.8. The monoisotopic (exact) mass is 378 g/mol. The van der Waals surface area contributed by atoms with Gasteiger partial charge >= 0.3 is 6.03 Å². The summed E-state index contributed by atoms with van der Waals surface area (Å²) in [7, 11) is 0. The van der Waals surface area contributed by atoms with E-state index in [0.717, 1.165) is 22.8 Å². The minimum atomic E-state index is -0.228. The summed E-state index contributed by atoms with van der Waals surface area (Å²) in [6, 6.07) is 15.4. The van der Waals surface area contributed by atoms with E-state index in [1.165, 1.54) is 5.56 Å². The van der Waals surface area contributed by atoms with Crippen LogP contribution in [0.5, 0.6) is 5.75 Å². The second-order valence-electron chi connectivity index (χ2n) is 7.68. The second kappa shape index (κ2) is 9.79. The number of benzene rings is 2.